The van der Waals surface area contributed by atoms with Gasteiger partial charge in [-0.3, -0.25) is 15.0 Å². The Bertz CT molecular complexity index is 1120. The van der Waals surface area contributed by atoms with Crippen LogP contribution in [-0.4, -0.2) is 28.6 Å². The van der Waals surface area contributed by atoms with Gasteiger partial charge in [0.15, 0.2) is 0 Å². The van der Waals surface area contributed by atoms with Crippen molar-refractivity contribution in [1.29, 1.82) is 0 Å². The summed E-state index contributed by atoms with van der Waals surface area (Å²) < 4.78 is 0. The number of carboxylic acids is 1. The minimum absolute atomic E-state index is 0.00442. The topological polar surface area (TPSA) is 111 Å². The number of benzene rings is 2. The van der Waals surface area contributed by atoms with Gasteiger partial charge in [0.25, 0.3) is 11.8 Å². The Morgan fingerprint density at radius 3 is 2.03 bits per heavy atom. The van der Waals surface area contributed by atoms with E-state index in [0.717, 1.165) is 5.56 Å². The van der Waals surface area contributed by atoms with Crippen LogP contribution >= 0.6 is 0 Å². The SMILES string of the molecule is CC1=NN(c2ccc(C(C)(C)C)cc2)C(=O)/C1=C(/C)NNC(=O)c1ccc(C(=O)O)cc1. The fourth-order valence-corrected chi connectivity index (χ4v) is 3.26. The van der Waals surface area contributed by atoms with E-state index in [-0.39, 0.29) is 22.4 Å². The molecule has 166 valence electrons. The van der Waals surface area contributed by atoms with Gasteiger partial charge >= 0.3 is 5.97 Å². The quantitative estimate of drug-likeness (QED) is 0.492. The minimum Gasteiger partial charge on any atom is -0.478 e. The lowest BCUT2D eigenvalue weighted by atomic mass is 9.87. The second kappa shape index (κ2) is 8.66. The van der Waals surface area contributed by atoms with E-state index in [9.17, 15) is 14.4 Å². The third kappa shape index (κ3) is 4.69. The Morgan fingerprint density at radius 1 is 0.938 bits per heavy atom. The van der Waals surface area contributed by atoms with E-state index < -0.39 is 11.9 Å². The molecule has 8 heteroatoms. The maximum absolute atomic E-state index is 13.0. The second-order valence-electron chi connectivity index (χ2n) is 8.56. The van der Waals surface area contributed by atoms with Gasteiger partial charge in [0.2, 0.25) is 0 Å². The van der Waals surface area contributed by atoms with Gasteiger partial charge in [-0.1, -0.05) is 32.9 Å². The molecular formula is C24H26N4O4. The van der Waals surface area contributed by atoms with Gasteiger partial charge in [-0.15, -0.1) is 0 Å². The Hall–Kier alpha value is -3.94. The van der Waals surface area contributed by atoms with Gasteiger partial charge < -0.3 is 10.5 Å². The first-order valence-corrected chi connectivity index (χ1v) is 10.1. The number of hydrazine groups is 1. The Morgan fingerprint density at radius 2 is 1.50 bits per heavy atom. The number of carboxylic acid groups (broad SMARTS) is 1. The maximum Gasteiger partial charge on any atom is 0.335 e. The number of anilines is 1. The number of carbonyl (C=O) groups is 3. The van der Waals surface area contributed by atoms with Crippen LogP contribution in [0.3, 0.4) is 0 Å². The zero-order valence-electron chi connectivity index (χ0n) is 18.7. The molecule has 0 saturated heterocycles. The lowest BCUT2D eigenvalue weighted by Gasteiger charge is -2.20. The number of allylic oxidation sites excluding steroid dienone is 1. The molecule has 2 aromatic carbocycles. The van der Waals surface area contributed by atoms with Crippen molar-refractivity contribution >= 4 is 29.2 Å². The number of rotatable bonds is 5. The van der Waals surface area contributed by atoms with E-state index in [1.54, 1.807) is 13.8 Å². The molecular weight excluding hydrogens is 408 g/mol. The molecule has 2 amide bonds. The molecule has 0 bridgehead atoms. The summed E-state index contributed by atoms with van der Waals surface area (Å²) in [6.07, 6.45) is 0. The normalized spacial score (nSPS) is 15.3. The number of carbonyl (C=O) groups excluding carboxylic acids is 2. The molecule has 2 aromatic rings. The summed E-state index contributed by atoms with van der Waals surface area (Å²) in [5, 5.41) is 14.7. The van der Waals surface area contributed by atoms with E-state index in [1.165, 1.54) is 29.3 Å². The predicted molar refractivity (Wildman–Crippen MR) is 122 cm³/mol. The van der Waals surface area contributed by atoms with Gasteiger partial charge in [-0.05, 0) is 61.2 Å². The van der Waals surface area contributed by atoms with Crippen molar-refractivity contribution in [3.8, 4) is 0 Å². The van der Waals surface area contributed by atoms with Crippen molar-refractivity contribution < 1.29 is 19.5 Å². The molecule has 0 spiro atoms. The van der Waals surface area contributed by atoms with Crippen LogP contribution in [0.15, 0.2) is 64.9 Å². The zero-order valence-corrected chi connectivity index (χ0v) is 18.7. The number of amides is 2. The highest BCUT2D eigenvalue weighted by molar-refractivity contribution is 6.30. The molecule has 3 rings (SSSR count). The fraction of sp³-hybridized carbons (Fsp3) is 0.250. The average molecular weight is 434 g/mol. The average Bonchev–Trinajstić information content (AvgIpc) is 3.05. The molecule has 1 aliphatic rings. The molecule has 3 N–H and O–H groups in total. The third-order valence-corrected chi connectivity index (χ3v) is 5.13. The molecule has 32 heavy (non-hydrogen) atoms. The highest BCUT2D eigenvalue weighted by Gasteiger charge is 2.31. The van der Waals surface area contributed by atoms with Crippen LogP contribution in [0.2, 0.25) is 0 Å². The Kier molecular flexibility index (Phi) is 6.16. The predicted octanol–water partition coefficient (Wildman–Crippen LogP) is 3.61. The minimum atomic E-state index is -1.07. The lowest BCUT2D eigenvalue weighted by molar-refractivity contribution is -0.114. The van der Waals surface area contributed by atoms with Crippen molar-refractivity contribution in [3.63, 3.8) is 0 Å². The van der Waals surface area contributed by atoms with Crippen LogP contribution in [0.4, 0.5) is 5.69 Å². The van der Waals surface area contributed by atoms with Gasteiger partial charge in [0.1, 0.15) is 0 Å². The number of nitrogens with zero attached hydrogens (tertiary/aromatic N) is 2. The van der Waals surface area contributed by atoms with Crippen LogP contribution in [0, 0.1) is 0 Å². The van der Waals surface area contributed by atoms with Crippen molar-refractivity contribution in [3.05, 3.63) is 76.5 Å². The first-order chi connectivity index (χ1) is 15.0. The zero-order chi connectivity index (χ0) is 23.6. The highest BCUT2D eigenvalue weighted by atomic mass is 16.4. The molecule has 1 aliphatic heterocycles. The molecule has 0 aliphatic carbocycles. The summed E-state index contributed by atoms with van der Waals surface area (Å²) >= 11 is 0. The number of hydrazone groups is 1. The molecule has 0 aromatic heterocycles. The summed E-state index contributed by atoms with van der Waals surface area (Å²) in [6.45, 7) is 9.77. The van der Waals surface area contributed by atoms with Crippen molar-refractivity contribution in [2.24, 2.45) is 5.10 Å². The van der Waals surface area contributed by atoms with E-state index >= 15 is 0 Å². The molecule has 0 atom stereocenters. The number of hydrogen-bond acceptors (Lipinski definition) is 5. The largest absolute Gasteiger partial charge is 0.478 e. The number of hydrogen-bond donors (Lipinski definition) is 3. The first kappa shape index (κ1) is 22.7. The monoisotopic (exact) mass is 434 g/mol. The fourth-order valence-electron chi connectivity index (χ4n) is 3.26. The Labute approximate surface area is 186 Å². The molecule has 8 nitrogen and oxygen atoms in total. The standard InChI is InChI=1S/C24H26N4O4/c1-14(25-26-21(29)16-6-8-17(9-7-16)23(31)32)20-15(2)27-28(22(20)30)19-12-10-18(11-13-19)24(3,4)5/h6-13,25H,1-5H3,(H,26,29)(H,31,32)/b20-14-. The van der Waals surface area contributed by atoms with Crippen LogP contribution < -0.4 is 15.9 Å². The van der Waals surface area contributed by atoms with Crippen LogP contribution in [-0.2, 0) is 10.2 Å². The summed E-state index contributed by atoms with van der Waals surface area (Å²) in [6, 6.07) is 13.2. The summed E-state index contributed by atoms with van der Waals surface area (Å²) in [7, 11) is 0. The number of aromatic carboxylic acids is 1. The lowest BCUT2D eigenvalue weighted by Crippen LogP contribution is -2.37. The van der Waals surface area contributed by atoms with Crippen LogP contribution in [0.1, 0.15) is 60.9 Å². The smallest absolute Gasteiger partial charge is 0.335 e. The molecule has 0 saturated carbocycles. The molecule has 0 fully saturated rings. The van der Waals surface area contributed by atoms with Crippen molar-refractivity contribution in [2.45, 2.75) is 40.0 Å². The maximum atomic E-state index is 13.0. The Balaban J connectivity index is 1.72. The second-order valence-corrected chi connectivity index (χ2v) is 8.56. The molecule has 0 unspecified atom stereocenters. The number of nitrogens with one attached hydrogen (secondary N) is 2. The summed E-state index contributed by atoms with van der Waals surface area (Å²) in [5.74, 6) is -1.82. The molecule has 0 radical (unpaired) electrons. The van der Waals surface area contributed by atoms with Gasteiger partial charge in [-0.2, -0.15) is 10.1 Å². The highest BCUT2D eigenvalue weighted by Crippen LogP contribution is 2.28. The van der Waals surface area contributed by atoms with E-state index in [0.29, 0.717) is 22.7 Å². The van der Waals surface area contributed by atoms with Crippen LogP contribution in [0.5, 0.6) is 0 Å². The van der Waals surface area contributed by atoms with E-state index in [4.69, 9.17) is 5.11 Å². The van der Waals surface area contributed by atoms with Crippen molar-refractivity contribution in [2.75, 3.05) is 5.01 Å². The summed E-state index contributed by atoms with van der Waals surface area (Å²) in [4.78, 5) is 36.3. The van der Waals surface area contributed by atoms with Gasteiger partial charge in [0, 0.05) is 11.3 Å². The van der Waals surface area contributed by atoms with E-state index in [1.807, 2.05) is 24.3 Å². The van der Waals surface area contributed by atoms with Gasteiger partial charge in [-0.25, -0.2) is 4.79 Å². The van der Waals surface area contributed by atoms with Crippen LogP contribution in [0.25, 0.3) is 0 Å². The van der Waals surface area contributed by atoms with Crippen molar-refractivity contribution in [1.82, 2.24) is 10.9 Å². The van der Waals surface area contributed by atoms with Gasteiger partial charge in [0.05, 0.1) is 22.5 Å². The third-order valence-electron chi connectivity index (χ3n) is 5.13. The molecule has 1 heterocycles. The summed E-state index contributed by atoms with van der Waals surface area (Å²) in [5.41, 5.74) is 8.81. The van der Waals surface area contributed by atoms with E-state index in [2.05, 4.69) is 36.7 Å². The first-order valence-electron chi connectivity index (χ1n) is 10.1.